The average molecular weight is 279 g/mol. The molecule has 5 heteroatoms. The predicted molar refractivity (Wildman–Crippen MR) is 78.1 cm³/mol. The van der Waals surface area contributed by atoms with Crippen molar-refractivity contribution in [2.45, 2.75) is 30.1 Å². The van der Waals surface area contributed by atoms with E-state index in [9.17, 15) is 0 Å². The Hall–Kier alpha value is -0.910. The Morgan fingerprint density at radius 1 is 1.22 bits per heavy atom. The van der Waals surface area contributed by atoms with Crippen molar-refractivity contribution in [3.8, 4) is 0 Å². The first-order chi connectivity index (χ1) is 8.66. The summed E-state index contributed by atoms with van der Waals surface area (Å²) in [4.78, 5) is 4.13. The van der Waals surface area contributed by atoms with E-state index in [0.29, 0.717) is 5.92 Å². The summed E-state index contributed by atoms with van der Waals surface area (Å²) < 4.78 is 4.95. The minimum Gasteiger partial charge on any atom is -0.323 e. The molecule has 96 valence electrons. The Labute approximate surface area is 116 Å². The minimum absolute atomic E-state index is 0.0418. The molecule has 1 aromatic heterocycles. The van der Waals surface area contributed by atoms with Crippen LogP contribution in [0.25, 0.3) is 0 Å². The van der Waals surface area contributed by atoms with Crippen molar-refractivity contribution in [1.29, 1.82) is 0 Å². The van der Waals surface area contributed by atoms with Gasteiger partial charge in [-0.2, -0.15) is 4.37 Å². The lowest BCUT2D eigenvalue weighted by Crippen LogP contribution is -2.12. The van der Waals surface area contributed by atoms with Crippen molar-refractivity contribution < 1.29 is 0 Å². The van der Waals surface area contributed by atoms with Gasteiger partial charge >= 0.3 is 0 Å². The zero-order chi connectivity index (χ0) is 13.0. The fourth-order valence-electron chi connectivity index (χ4n) is 1.61. The first-order valence-corrected chi connectivity index (χ1v) is 7.67. The molecule has 1 unspecified atom stereocenters. The van der Waals surface area contributed by atoms with Crippen LogP contribution in [0.3, 0.4) is 0 Å². The number of benzene rings is 1. The Kier molecular flexibility index (Phi) is 4.74. The predicted octanol–water partition coefficient (Wildman–Crippen LogP) is 3.45. The number of nitrogens with two attached hydrogens (primary N) is 1. The van der Waals surface area contributed by atoms with Gasteiger partial charge in [-0.3, -0.25) is 0 Å². The molecule has 0 radical (unpaired) electrons. The normalized spacial score (nSPS) is 12.9. The van der Waals surface area contributed by atoms with E-state index in [1.807, 2.05) is 0 Å². The molecule has 0 bridgehead atoms. The van der Waals surface area contributed by atoms with Crippen molar-refractivity contribution >= 4 is 23.3 Å². The van der Waals surface area contributed by atoms with E-state index in [1.165, 1.54) is 22.7 Å². The van der Waals surface area contributed by atoms with E-state index in [2.05, 4.69) is 47.5 Å². The molecule has 0 fully saturated rings. The molecule has 18 heavy (non-hydrogen) atoms. The number of hydrogen-bond acceptors (Lipinski definition) is 5. The summed E-state index contributed by atoms with van der Waals surface area (Å²) in [7, 11) is 0. The molecule has 0 aliphatic heterocycles. The van der Waals surface area contributed by atoms with E-state index >= 15 is 0 Å². The second-order valence-corrected chi connectivity index (χ2v) is 6.49. The van der Waals surface area contributed by atoms with Crippen molar-refractivity contribution in [3.05, 3.63) is 41.7 Å². The van der Waals surface area contributed by atoms with Crippen molar-refractivity contribution in [1.82, 2.24) is 9.36 Å². The number of rotatable bonds is 5. The lowest BCUT2D eigenvalue weighted by atomic mass is 10.00. The van der Waals surface area contributed by atoms with Gasteiger partial charge in [-0.25, -0.2) is 4.98 Å². The van der Waals surface area contributed by atoms with Crippen LogP contribution in [0.4, 0.5) is 0 Å². The van der Waals surface area contributed by atoms with Crippen LogP contribution in [-0.4, -0.2) is 15.1 Å². The molecule has 0 aliphatic rings. The van der Waals surface area contributed by atoms with Gasteiger partial charge in [0, 0.05) is 11.8 Å². The van der Waals surface area contributed by atoms with Gasteiger partial charge in [-0.05, 0) is 28.6 Å². The molecule has 1 atom stereocenters. The van der Waals surface area contributed by atoms with E-state index in [-0.39, 0.29) is 6.04 Å². The third-order valence-electron chi connectivity index (χ3n) is 2.76. The van der Waals surface area contributed by atoms with Crippen LogP contribution in [0, 0.1) is 0 Å². The van der Waals surface area contributed by atoms with E-state index < -0.39 is 0 Å². The largest absolute Gasteiger partial charge is 0.323 e. The summed E-state index contributed by atoms with van der Waals surface area (Å²) in [6, 6.07) is 8.62. The van der Waals surface area contributed by atoms with Crippen LogP contribution in [-0.2, 0) is 0 Å². The monoisotopic (exact) mass is 279 g/mol. The van der Waals surface area contributed by atoms with E-state index in [0.717, 1.165) is 10.1 Å². The minimum atomic E-state index is 0.0418. The number of aromatic nitrogens is 2. The van der Waals surface area contributed by atoms with Gasteiger partial charge in [0.2, 0.25) is 0 Å². The highest BCUT2D eigenvalue weighted by molar-refractivity contribution is 8.00. The van der Waals surface area contributed by atoms with Crippen molar-refractivity contribution in [2.75, 3.05) is 5.75 Å². The van der Waals surface area contributed by atoms with Gasteiger partial charge in [0.25, 0.3) is 0 Å². The van der Waals surface area contributed by atoms with E-state index in [1.54, 1.807) is 18.1 Å². The first kappa shape index (κ1) is 13.5. The Bertz CT molecular complexity index is 465. The van der Waals surface area contributed by atoms with Gasteiger partial charge in [-0.15, -0.1) is 0 Å². The van der Waals surface area contributed by atoms with Crippen LogP contribution in [0.15, 0.2) is 34.9 Å². The molecular weight excluding hydrogens is 262 g/mol. The lowest BCUT2D eigenvalue weighted by Gasteiger charge is -2.12. The maximum atomic E-state index is 6.17. The van der Waals surface area contributed by atoms with Crippen LogP contribution in [0.5, 0.6) is 0 Å². The fourth-order valence-corrected chi connectivity index (χ4v) is 3.07. The van der Waals surface area contributed by atoms with Crippen molar-refractivity contribution in [2.24, 2.45) is 5.73 Å². The highest BCUT2D eigenvalue weighted by atomic mass is 32.2. The second kappa shape index (κ2) is 6.31. The smallest absolute Gasteiger partial charge is 0.169 e. The summed E-state index contributed by atoms with van der Waals surface area (Å²) in [6.07, 6.45) is 1.58. The summed E-state index contributed by atoms with van der Waals surface area (Å²) >= 11 is 3.07. The SMILES string of the molecule is CC(C)c1ccc(C(N)CSc2ncns2)cc1. The third kappa shape index (κ3) is 3.54. The maximum absolute atomic E-state index is 6.17. The summed E-state index contributed by atoms with van der Waals surface area (Å²) in [6.45, 7) is 4.39. The number of nitrogens with zero attached hydrogens (tertiary/aromatic N) is 2. The van der Waals surface area contributed by atoms with E-state index in [4.69, 9.17) is 5.73 Å². The number of hydrogen-bond donors (Lipinski definition) is 1. The van der Waals surface area contributed by atoms with Gasteiger partial charge in [0.15, 0.2) is 4.34 Å². The second-order valence-electron chi connectivity index (χ2n) is 4.45. The third-order valence-corrected chi connectivity index (χ3v) is 4.68. The van der Waals surface area contributed by atoms with Crippen LogP contribution in [0.1, 0.15) is 36.9 Å². The lowest BCUT2D eigenvalue weighted by molar-refractivity contribution is 0.821. The topological polar surface area (TPSA) is 51.8 Å². The van der Waals surface area contributed by atoms with Gasteiger partial charge in [-0.1, -0.05) is 49.9 Å². The number of thioether (sulfide) groups is 1. The molecule has 0 saturated carbocycles. The Morgan fingerprint density at radius 3 is 2.44 bits per heavy atom. The highest BCUT2D eigenvalue weighted by Gasteiger charge is 2.08. The molecular formula is C13H17N3S2. The van der Waals surface area contributed by atoms with Gasteiger partial charge in [0.05, 0.1) is 0 Å². The zero-order valence-electron chi connectivity index (χ0n) is 10.5. The summed E-state index contributed by atoms with van der Waals surface area (Å²) in [5.41, 5.74) is 8.70. The molecule has 2 N–H and O–H groups in total. The molecule has 2 rings (SSSR count). The molecule has 2 aromatic rings. The standard InChI is InChI=1S/C13H17N3S2/c1-9(2)10-3-5-11(6-4-10)12(14)7-17-13-15-8-16-18-13/h3-6,8-9,12H,7,14H2,1-2H3. The Morgan fingerprint density at radius 2 is 1.89 bits per heavy atom. The molecule has 0 amide bonds. The first-order valence-electron chi connectivity index (χ1n) is 5.91. The fraction of sp³-hybridized carbons (Fsp3) is 0.385. The van der Waals surface area contributed by atoms with Crippen molar-refractivity contribution in [3.63, 3.8) is 0 Å². The molecule has 0 spiro atoms. The average Bonchev–Trinajstić information content (AvgIpc) is 2.89. The quantitative estimate of drug-likeness (QED) is 0.852. The van der Waals surface area contributed by atoms with Gasteiger partial charge in [0.1, 0.15) is 6.33 Å². The maximum Gasteiger partial charge on any atom is 0.169 e. The molecule has 0 saturated heterocycles. The molecule has 3 nitrogen and oxygen atoms in total. The molecule has 1 heterocycles. The van der Waals surface area contributed by atoms with Crippen LogP contribution >= 0.6 is 23.3 Å². The zero-order valence-corrected chi connectivity index (χ0v) is 12.2. The van der Waals surface area contributed by atoms with Crippen LogP contribution < -0.4 is 5.73 Å². The summed E-state index contributed by atoms with van der Waals surface area (Å²) in [5.74, 6) is 1.39. The van der Waals surface area contributed by atoms with Crippen LogP contribution in [0.2, 0.25) is 0 Å². The van der Waals surface area contributed by atoms with Gasteiger partial charge < -0.3 is 5.73 Å². The Balaban J connectivity index is 1.94. The highest BCUT2D eigenvalue weighted by Crippen LogP contribution is 2.24. The summed E-state index contributed by atoms with van der Waals surface area (Å²) in [5, 5.41) is 0. The molecule has 0 aliphatic carbocycles. The molecule has 1 aromatic carbocycles.